The summed E-state index contributed by atoms with van der Waals surface area (Å²) in [4.78, 5) is 13.4. The standard InChI is InChI=1S/C86H165NO13/c1-3-5-7-9-11-13-15-17-19-21-23-25-27-29-30-31-32-33-34-35-36-37-38-39-40-41-42-43-44-46-48-50-52-54-56-58-60-62-64-66-68-70-78(91)87-74(73-97-85-83(96)81(94)84(77(72-89)99-85)100-86-82(95)80(93)79(92)76(71-88)98-86)75(90)69-67-65-63-61-59-57-55-53-51-49-47-45-28-26-24-22-20-18-16-14-12-10-8-6-4-2/h21,23,67,69,74-77,79-86,88-90,92-96H,3-20,22,24-66,68,70-73H2,1-2H3,(H,87,91)/b23-21-,69-67+. The summed E-state index contributed by atoms with van der Waals surface area (Å²) in [7, 11) is 0. The molecule has 0 aromatic heterocycles. The number of hydrogen-bond acceptors (Lipinski definition) is 13. The van der Waals surface area contributed by atoms with Gasteiger partial charge in [0.1, 0.15) is 48.8 Å². The van der Waals surface area contributed by atoms with Crippen LogP contribution >= 0.6 is 0 Å². The highest BCUT2D eigenvalue weighted by Gasteiger charge is 2.51. The largest absolute Gasteiger partial charge is 0.394 e. The van der Waals surface area contributed by atoms with Crippen molar-refractivity contribution >= 4 is 5.91 Å². The van der Waals surface area contributed by atoms with Crippen LogP contribution in [0.4, 0.5) is 0 Å². The lowest BCUT2D eigenvalue weighted by molar-refractivity contribution is -0.359. The van der Waals surface area contributed by atoms with E-state index in [4.69, 9.17) is 18.9 Å². The lowest BCUT2D eigenvalue weighted by atomic mass is 9.97. The second kappa shape index (κ2) is 70.5. The molecule has 0 spiro atoms. The number of aliphatic hydroxyl groups is 8. The van der Waals surface area contributed by atoms with Crippen molar-refractivity contribution in [1.29, 1.82) is 0 Å². The normalized spacial score (nSPS) is 21.9. The van der Waals surface area contributed by atoms with Gasteiger partial charge >= 0.3 is 0 Å². The van der Waals surface area contributed by atoms with Crippen LogP contribution in [0.2, 0.25) is 0 Å². The number of allylic oxidation sites excluding steroid dienone is 3. The molecule has 0 aromatic rings. The van der Waals surface area contributed by atoms with Gasteiger partial charge in [-0.3, -0.25) is 4.79 Å². The van der Waals surface area contributed by atoms with Gasteiger partial charge in [-0.05, 0) is 44.9 Å². The van der Waals surface area contributed by atoms with Gasteiger partial charge in [0.2, 0.25) is 5.91 Å². The number of nitrogens with one attached hydrogen (secondary N) is 1. The number of hydrogen-bond donors (Lipinski definition) is 9. The van der Waals surface area contributed by atoms with Crippen LogP contribution in [0, 0.1) is 0 Å². The van der Waals surface area contributed by atoms with Gasteiger partial charge in [0.25, 0.3) is 0 Å². The molecule has 12 unspecified atom stereocenters. The van der Waals surface area contributed by atoms with E-state index in [1.807, 2.05) is 6.08 Å². The van der Waals surface area contributed by atoms with E-state index in [2.05, 4.69) is 31.3 Å². The first-order chi connectivity index (χ1) is 49.1. The molecule has 100 heavy (non-hydrogen) atoms. The van der Waals surface area contributed by atoms with E-state index < -0.39 is 86.8 Å². The summed E-state index contributed by atoms with van der Waals surface area (Å²) in [5, 5.41) is 87.8. The van der Waals surface area contributed by atoms with Gasteiger partial charge in [-0.15, -0.1) is 0 Å². The van der Waals surface area contributed by atoms with Crippen LogP contribution in [0.1, 0.15) is 425 Å². The second-order valence-corrected chi connectivity index (χ2v) is 31.0. The van der Waals surface area contributed by atoms with E-state index in [1.54, 1.807) is 6.08 Å². The number of carbonyl (C=O) groups is 1. The van der Waals surface area contributed by atoms with Crippen molar-refractivity contribution in [2.45, 2.75) is 498 Å². The highest BCUT2D eigenvalue weighted by molar-refractivity contribution is 5.76. The first kappa shape index (κ1) is 94.6. The van der Waals surface area contributed by atoms with E-state index in [1.165, 1.54) is 360 Å². The first-order valence-electron chi connectivity index (χ1n) is 43.6. The Hall–Kier alpha value is -1.53. The Morgan fingerprint density at radius 2 is 0.630 bits per heavy atom. The maximum Gasteiger partial charge on any atom is 0.220 e. The molecule has 9 N–H and O–H groups in total. The molecule has 592 valence electrons. The zero-order valence-electron chi connectivity index (χ0n) is 65.2. The summed E-state index contributed by atoms with van der Waals surface area (Å²) in [6, 6.07) is -0.914. The lowest BCUT2D eigenvalue weighted by Crippen LogP contribution is -2.65. The van der Waals surface area contributed by atoms with Gasteiger partial charge in [0.05, 0.1) is 32.0 Å². The number of amides is 1. The molecule has 12 atom stereocenters. The van der Waals surface area contributed by atoms with Crippen LogP contribution in [0.3, 0.4) is 0 Å². The van der Waals surface area contributed by atoms with Gasteiger partial charge in [0.15, 0.2) is 12.6 Å². The molecule has 0 radical (unpaired) electrons. The van der Waals surface area contributed by atoms with Gasteiger partial charge in [0, 0.05) is 6.42 Å². The predicted octanol–water partition coefficient (Wildman–Crippen LogP) is 20.6. The van der Waals surface area contributed by atoms with Gasteiger partial charge in [-0.1, -0.05) is 398 Å². The Morgan fingerprint density at radius 3 is 0.950 bits per heavy atom. The zero-order valence-corrected chi connectivity index (χ0v) is 65.2. The van der Waals surface area contributed by atoms with Crippen LogP contribution in [0.25, 0.3) is 0 Å². The Balaban J connectivity index is 1.55. The number of aliphatic hydroxyl groups excluding tert-OH is 8. The predicted molar refractivity (Wildman–Crippen MR) is 415 cm³/mol. The molecular weight excluding hydrogens is 1250 g/mol. The van der Waals surface area contributed by atoms with Crippen molar-refractivity contribution in [2.75, 3.05) is 19.8 Å². The summed E-state index contributed by atoms with van der Waals surface area (Å²) in [5.74, 6) is -0.229. The quantitative estimate of drug-likeness (QED) is 0.0204. The van der Waals surface area contributed by atoms with Gasteiger partial charge in [-0.2, -0.15) is 0 Å². The van der Waals surface area contributed by atoms with E-state index in [-0.39, 0.29) is 18.9 Å². The first-order valence-corrected chi connectivity index (χ1v) is 43.6. The van der Waals surface area contributed by atoms with Crippen molar-refractivity contribution in [3.63, 3.8) is 0 Å². The monoisotopic (exact) mass is 1420 g/mol. The summed E-state index contributed by atoms with van der Waals surface area (Å²) >= 11 is 0. The van der Waals surface area contributed by atoms with Gasteiger partial charge in [-0.25, -0.2) is 0 Å². The van der Waals surface area contributed by atoms with Crippen LogP contribution in [-0.2, 0) is 23.7 Å². The molecular formula is C86H165NO13. The number of rotatable bonds is 75. The average molecular weight is 1420 g/mol. The molecule has 0 bridgehead atoms. The minimum absolute atomic E-state index is 0.229. The maximum absolute atomic E-state index is 13.4. The van der Waals surface area contributed by atoms with Crippen LogP contribution in [-0.4, -0.2) is 140 Å². The van der Waals surface area contributed by atoms with E-state index in [0.717, 1.165) is 38.5 Å². The summed E-state index contributed by atoms with van der Waals surface area (Å²) in [6.45, 7) is 2.88. The van der Waals surface area contributed by atoms with E-state index in [9.17, 15) is 45.6 Å². The van der Waals surface area contributed by atoms with Crippen molar-refractivity contribution < 1.29 is 64.6 Å². The molecule has 2 fully saturated rings. The highest BCUT2D eigenvalue weighted by atomic mass is 16.7. The molecule has 2 heterocycles. The molecule has 2 aliphatic heterocycles. The minimum Gasteiger partial charge on any atom is -0.394 e. The maximum atomic E-state index is 13.4. The molecule has 0 aromatic carbocycles. The third kappa shape index (κ3) is 52.5. The van der Waals surface area contributed by atoms with Crippen molar-refractivity contribution in [2.24, 2.45) is 0 Å². The Kier molecular flexibility index (Phi) is 66.6. The van der Waals surface area contributed by atoms with E-state index in [0.29, 0.717) is 6.42 Å². The average Bonchev–Trinajstić information content (AvgIpc) is 0.791. The molecule has 2 aliphatic rings. The van der Waals surface area contributed by atoms with Crippen LogP contribution in [0.5, 0.6) is 0 Å². The number of carbonyl (C=O) groups excluding carboxylic acids is 1. The molecule has 2 saturated heterocycles. The lowest BCUT2D eigenvalue weighted by Gasteiger charge is -2.46. The van der Waals surface area contributed by atoms with E-state index >= 15 is 0 Å². The highest BCUT2D eigenvalue weighted by Crippen LogP contribution is 2.31. The van der Waals surface area contributed by atoms with Crippen LogP contribution in [0.15, 0.2) is 24.3 Å². The molecule has 2 rings (SSSR count). The van der Waals surface area contributed by atoms with Gasteiger partial charge < -0.3 is 65.1 Å². The number of ether oxygens (including phenoxy) is 4. The molecule has 0 aliphatic carbocycles. The Bertz CT molecular complexity index is 1770. The van der Waals surface area contributed by atoms with Crippen LogP contribution < -0.4 is 5.32 Å². The molecule has 14 nitrogen and oxygen atoms in total. The molecule has 1 amide bonds. The zero-order chi connectivity index (χ0) is 72.2. The summed E-state index contributed by atoms with van der Waals surface area (Å²) in [6.07, 6.45) is 75.8. The van der Waals surface area contributed by atoms with Crippen molar-refractivity contribution in [1.82, 2.24) is 5.32 Å². The third-order valence-electron chi connectivity index (χ3n) is 21.6. The molecule has 0 saturated carbocycles. The third-order valence-corrected chi connectivity index (χ3v) is 21.6. The van der Waals surface area contributed by atoms with Crippen molar-refractivity contribution in [3.8, 4) is 0 Å². The molecule has 14 heteroatoms. The summed E-state index contributed by atoms with van der Waals surface area (Å²) < 4.78 is 22.9. The minimum atomic E-state index is -1.79. The Morgan fingerprint density at radius 1 is 0.350 bits per heavy atom. The number of unbranched alkanes of at least 4 members (excludes halogenated alkanes) is 60. The van der Waals surface area contributed by atoms with Crippen molar-refractivity contribution in [3.05, 3.63) is 24.3 Å². The fraction of sp³-hybridized carbons (Fsp3) is 0.942. The Labute approximate surface area is 615 Å². The topological polar surface area (TPSA) is 228 Å². The fourth-order valence-corrected chi connectivity index (χ4v) is 14.8. The SMILES string of the molecule is CCCCCCCCCC/C=C\CCCCCCCCCCCCCCCCCCCCCCCCCCCCCCCC(=O)NC(COC1OC(CO)C(OC2OC(CO)C(O)C(O)C2O)C(O)C1O)C(O)/C=C/CCCCCCCCCCCCCCCCCCCCCCCCC. The smallest absolute Gasteiger partial charge is 0.220 e. The fourth-order valence-electron chi connectivity index (χ4n) is 14.8. The summed E-state index contributed by atoms with van der Waals surface area (Å²) in [5.41, 5.74) is 0. The second-order valence-electron chi connectivity index (χ2n) is 31.0.